The van der Waals surface area contributed by atoms with E-state index in [0.717, 1.165) is 18.2 Å². The van der Waals surface area contributed by atoms with Crippen molar-refractivity contribution < 1.29 is 28.2 Å². The van der Waals surface area contributed by atoms with Crippen molar-refractivity contribution in [3.63, 3.8) is 0 Å². The van der Waals surface area contributed by atoms with E-state index in [1.807, 2.05) is 0 Å². The van der Waals surface area contributed by atoms with Crippen LogP contribution in [0.5, 0.6) is 5.75 Å². The summed E-state index contributed by atoms with van der Waals surface area (Å²) in [6.07, 6.45) is -2.54. The molecular formula is C19H17ClF3N3O3. The molecule has 0 amide bonds. The summed E-state index contributed by atoms with van der Waals surface area (Å²) in [7, 11) is 0. The highest BCUT2D eigenvalue weighted by Gasteiger charge is 2.37. The number of aromatic carboxylic acids is 1. The number of carboxylic acids is 1. The van der Waals surface area contributed by atoms with Gasteiger partial charge < -0.3 is 15.1 Å². The van der Waals surface area contributed by atoms with Gasteiger partial charge in [0, 0.05) is 25.2 Å². The summed E-state index contributed by atoms with van der Waals surface area (Å²) >= 11 is 6.15. The number of aromatic nitrogens is 1. The van der Waals surface area contributed by atoms with Gasteiger partial charge in [-0.25, -0.2) is 4.79 Å². The number of phenolic OH excluding ortho intramolecular Hbond substituents is 1. The summed E-state index contributed by atoms with van der Waals surface area (Å²) in [6.45, 7) is 0.543. The standard InChI is InChI=1S/C19H17ClF3N3O3/c20-13-8-11(18(28)29)9-25-16(13)10-4-6-26(7-5-10)17(24)15-12(19(21,22)23)2-1-3-14(15)27/h1-3,8-10,24,27H,4-7H2,(H,28,29). The number of hydrogen-bond donors (Lipinski definition) is 3. The number of aromatic hydroxyl groups is 1. The molecule has 0 unspecified atom stereocenters. The van der Waals surface area contributed by atoms with E-state index in [-0.39, 0.29) is 29.6 Å². The minimum atomic E-state index is -4.69. The molecule has 10 heteroatoms. The van der Waals surface area contributed by atoms with Gasteiger partial charge in [-0.3, -0.25) is 10.4 Å². The monoisotopic (exact) mass is 427 g/mol. The summed E-state index contributed by atoms with van der Waals surface area (Å²) in [5.74, 6) is -2.24. The molecule has 2 aromatic rings. The zero-order valence-corrected chi connectivity index (χ0v) is 15.8. The average molecular weight is 428 g/mol. The van der Waals surface area contributed by atoms with Gasteiger partial charge in [0.05, 0.1) is 27.4 Å². The first-order valence-electron chi connectivity index (χ1n) is 8.71. The van der Waals surface area contributed by atoms with Crippen LogP contribution in [0.4, 0.5) is 13.2 Å². The summed E-state index contributed by atoms with van der Waals surface area (Å²) in [5.41, 5.74) is -1.10. The summed E-state index contributed by atoms with van der Waals surface area (Å²) < 4.78 is 39.8. The van der Waals surface area contributed by atoms with Crippen molar-refractivity contribution in [2.24, 2.45) is 0 Å². The lowest BCUT2D eigenvalue weighted by molar-refractivity contribution is -0.137. The number of alkyl halides is 3. The zero-order valence-electron chi connectivity index (χ0n) is 15.0. The largest absolute Gasteiger partial charge is 0.507 e. The van der Waals surface area contributed by atoms with Gasteiger partial charge in [0.15, 0.2) is 0 Å². The van der Waals surface area contributed by atoms with Crippen molar-refractivity contribution in [2.45, 2.75) is 24.9 Å². The Labute approximate surface area is 169 Å². The van der Waals surface area contributed by atoms with Gasteiger partial charge in [-0.2, -0.15) is 13.2 Å². The molecule has 0 radical (unpaired) electrons. The predicted molar refractivity (Wildman–Crippen MR) is 99.7 cm³/mol. The highest BCUT2D eigenvalue weighted by Crippen LogP contribution is 2.38. The highest BCUT2D eigenvalue weighted by molar-refractivity contribution is 6.31. The van der Waals surface area contributed by atoms with Crippen molar-refractivity contribution in [1.82, 2.24) is 9.88 Å². The van der Waals surface area contributed by atoms with Gasteiger partial charge in [0.1, 0.15) is 11.6 Å². The molecule has 29 heavy (non-hydrogen) atoms. The number of pyridine rings is 1. The number of piperidine rings is 1. The third-order valence-corrected chi connectivity index (χ3v) is 5.20. The van der Waals surface area contributed by atoms with Gasteiger partial charge in [0.2, 0.25) is 0 Å². The van der Waals surface area contributed by atoms with Crippen molar-refractivity contribution >= 4 is 23.4 Å². The zero-order chi connectivity index (χ0) is 21.3. The molecule has 3 N–H and O–H groups in total. The van der Waals surface area contributed by atoms with Crippen molar-refractivity contribution in [2.75, 3.05) is 13.1 Å². The fourth-order valence-electron chi connectivity index (χ4n) is 3.43. The summed E-state index contributed by atoms with van der Waals surface area (Å²) in [5, 5.41) is 27.4. The van der Waals surface area contributed by atoms with E-state index in [1.165, 1.54) is 17.2 Å². The fraction of sp³-hybridized carbons (Fsp3) is 0.316. The van der Waals surface area contributed by atoms with E-state index in [2.05, 4.69) is 4.98 Å². The van der Waals surface area contributed by atoms with Crippen LogP contribution < -0.4 is 0 Å². The van der Waals surface area contributed by atoms with Crippen LogP contribution in [-0.2, 0) is 6.18 Å². The smallest absolute Gasteiger partial charge is 0.417 e. The average Bonchev–Trinajstić information content (AvgIpc) is 2.66. The number of nitrogens with one attached hydrogen (secondary N) is 1. The second-order valence-corrected chi connectivity index (χ2v) is 7.11. The number of likely N-dealkylation sites (tertiary alicyclic amines) is 1. The van der Waals surface area contributed by atoms with Crippen LogP contribution in [0.25, 0.3) is 0 Å². The number of carbonyl (C=O) groups is 1. The normalized spacial score (nSPS) is 15.4. The number of amidine groups is 1. The lowest BCUT2D eigenvalue weighted by Crippen LogP contribution is -2.39. The van der Waals surface area contributed by atoms with Crippen LogP contribution in [0.1, 0.15) is 45.9 Å². The Morgan fingerprint density at radius 2 is 1.93 bits per heavy atom. The van der Waals surface area contributed by atoms with Crippen molar-refractivity contribution in [3.8, 4) is 5.75 Å². The van der Waals surface area contributed by atoms with Crippen molar-refractivity contribution in [1.29, 1.82) is 5.41 Å². The molecule has 2 heterocycles. The first kappa shape index (κ1) is 20.9. The first-order valence-corrected chi connectivity index (χ1v) is 9.09. The maximum atomic E-state index is 13.3. The Balaban J connectivity index is 1.77. The van der Waals surface area contributed by atoms with Crippen LogP contribution >= 0.6 is 11.6 Å². The Kier molecular flexibility index (Phi) is 5.70. The second-order valence-electron chi connectivity index (χ2n) is 6.70. The Bertz CT molecular complexity index is 957. The molecule has 154 valence electrons. The SMILES string of the molecule is N=C(c1c(O)cccc1C(F)(F)F)N1CCC(c2ncc(C(=O)O)cc2Cl)CC1. The molecule has 1 aliphatic rings. The molecule has 1 fully saturated rings. The molecule has 0 spiro atoms. The number of rotatable bonds is 3. The Morgan fingerprint density at radius 3 is 2.48 bits per heavy atom. The maximum absolute atomic E-state index is 13.3. The van der Waals surface area contributed by atoms with E-state index in [1.54, 1.807) is 0 Å². The molecule has 3 rings (SSSR count). The van der Waals surface area contributed by atoms with E-state index in [4.69, 9.17) is 22.1 Å². The van der Waals surface area contributed by atoms with Gasteiger partial charge in [-0.05, 0) is 31.0 Å². The number of halogens is 4. The summed E-state index contributed by atoms with van der Waals surface area (Å²) in [6, 6.07) is 4.37. The molecular weight excluding hydrogens is 411 g/mol. The van der Waals surface area contributed by atoms with Gasteiger partial charge in [-0.15, -0.1) is 0 Å². The number of benzene rings is 1. The molecule has 0 aliphatic carbocycles. The molecule has 1 aromatic carbocycles. The van der Waals surface area contributed by atoms with Crippen LogP contribution in [0.15, 0.2) is 30.5 Å². The quantitative estimate of drug-likeness (QED) is 0.499. The molecule has 1 aromatic heterocycles. The van der Waals surface area contributed by atoms with Crippen LogP contribution in [0.2, 0.25) is 5.02 Å². The van der Waals surface area contributed by atoms with Crippen LogP contribution in [-0.4, -0.2) is 45.0 Å². The Hall–Kier alpha value is -2.81. The maximum Gasteiger partial charge on any atom is 0.417 e. The van der Waals surface area contributed by atoms with Crippen LogP contribution in [0.3, 0.4) is 0 Å². The fourth-order valence-corrected chi connectivity index (χ4v) is 3.75. The third kappa shape index (κ3) is 4.29. The topological polar surface area (TPSA) is 97.5 Å². The Morgan fingerprint density at radius 1 is 1.28 bits per heavy atom. The minimum absolute atomic E-state index is 0.0304. The molecule has 1 saturated heterocycles. The number of carboxylic acid groups (broad SMARTS) is 1. The van der Waals surface area contributed by atoms with E-state index >= 15 is 0 Å². The van der Waals surface area contributed by atoms with Gasteiger partial charge in [0.25, 0.3) is 0 Å². The molecule has 0 atom stereocenters. The van der Waals surface area contributed by atoms with Crippen LogP contribution in [0, 0.1) is 5.41 Å². The summed E-state index contributed by atoms with van der Waals surface area (Å²) in [4.78, 5) is 16.6. The number of nitrogens with zero attached hydrogens (tertiary/aromatic N) is 2. The van der Waals surface area contributed by atoms with E-state index < -0.39 is 34.9 Å². The molecule has 6 nitrogen and oxygen atoms in total. The van der Waals surface area contributed by atoms with E-state index in [9.17, 15) is 23.1 Å². The lowest BCUT2D eigenvalue weighted by Gasteiger charge is -2.34. The van der Waals surface area contributed by atoms with E-state index in [0.29, 0.717) is 18.5 Å². The highest BCUT2D eigenvalue weighted by atomic mass is 35.5. The third-order valence-electron chi connectivity index (χ3n) is 4.90. The molecule has 1 aliphatic heterocycles. The number of hydrogen-bond acceptors (Lipinski definition) is 4. The first-order chi connectivity index (χ1) is 13.6. The van der Waals surface area contributed by atoms with Gasteiger partial charge in [-0.1, -0.05) is 17.7 Å². The lowest BCUT2D eigenvalue weighted by atomic mass is 9.92. The number of phenols is 1. The predicted octanol–water partition coefficient (Wildman–Crippen LogP) is 4.36. The second kappa shape index (κ2) is 7.90. The minimum Gasteiger partial charge on any atom is -0.507 e. The molecule has 0 bridgehead atoms. The molecule has 0 saturated carbocycles. The van der Waals surface area contributed by atoms with Gasteiger partial charge >= 0.3 is 12.1 Å². The van der Waals surface area contributed by atoms with Crippen molar-refractivity contribution in [3.05, 3.63) is 57.9 Å².